The van der Waals surface area contributed by atoms with Gasteiger partial charge in [0.25, 0.3) is 0 Å². The molecule has 98 valence electrons. The first-order valence-electron chi connectivity index (χ1n) is 6.84. The van der Waals surface area contributed by atoms with E-state index in [-0.39, 0.29) is 0 Å². The fourth-order valence-corrected chi connectivity index (χ4v) is 2.47. The Morgan fingerprint density at radius 2 is 1.12 bits per heavy atom. The maximum atomic E-state index is 10.4. The molecular formula is C14H30O2. The monoisotopic (exact) mass is 230 g/mol. The lowest BCUT2D eigenvalue weighted by Crippen LogP contribution is -2.33. The molecule has 0 spiro atoms. The van der Waals surface area contributed by atoms with Crippen molar-refractivity contribution in [3.63, 3.8) is 0 Å². The molecule has 0 rings (SSSR count). The lowest BCUT2D eigenvalue weighted by atomic mass is 9.83. The molecule has 0 amide bonds. The van der Waals surface area contributed by atoms with Crippen LogP contribution in [0, 0.1) is 0 Å². The highest BCUT2D eigenvalue weighted by molar-refractivity contribution is 4.82. The van der Waals surface area contributed by atoms with Crippen LogP contribution < -0.4 is 0 Å². The van der Waals surface area contributed by atoms with Crippen LogP contribution in [0.25, 0.3) is 0 Å². The molecule has 0 aliphatic carbocycles. The van der Waals surface area contributed by atoms with Crippen LogP contribution in [-0.4, -0.2) is 21.4 Å². The van der Waals surface area contributed by atoms with Crippen molar-refractivity contribution >= 4 is 0 Å². The third-order valence-electron chi connectivity index (χ3n) is 3.35. The van der Waals surface area contributed by atoms with Crippen molar-refractivity contribution in [3.05, 3.63) is 0 Å². The van der Waals surface area contributed by atoms with Gasteiger partial charge in [-0.15, -0.1) is 0 Å². The summed E-state index contributed by atoms with van der Waals surface area (Å²) in [6.07, 6.45) is 6.96. The zero-order chi connectivity index (χ0) is 12.7. The first kappa shape index (κ1) is 15.9. The highest BCUT2D eigenvalue weighted by Crippen LogP contribution is 2.29. The van der Waals surface area contributed by atoms with E-state index in [9.17, 15) is 10.2 Å². The summed E-state index contributed by atoms with van der Waals surface area (Å²) >= 11 is 0. The Morgan fingerprint density at radius 1 is 0.688 bits per heavy atom. The van der Waals surface area contributed by atoms with Crippen molar-refractivity contribution in [2.45, 2.75) is 90.3 Å². The second-order valence-corrected chi connectivity index (χ2v) is 5.47. The molecule has 0 radical (unpaired) electrons. The van der Waals surface area contributed by atoms with E-state index in [1.165, 1.54) is 0 Å². The van der Waals surface area contributed by atoms with Gasteiger partial charge in [0.2, 0.25) is 0 Å². The van der Waals surface area contributed by atoms with Crippen molar-refractivity contribution in [3.8, 4) is 0 Å². The second-order valence-electron chi connectivity index (χ2n) is 5.47. The van der Waals surface area contributed by atoms with Gasteiger partial charge >= 0.3 is 0 Å². The largest absolute Gasteiger partial charge is 0.390 e. The van der Waals surface area contributed by atoms with Gasteiger partial charge in [-0.1, -0.05) is 40.0 Å². The Bertz CT molecular complexity index is 170. The van der Waals surface area contributed by atoms with E-state index in [1.807, 2.05) is 6.92 Å². The van der Waals surface area contributed by atoms with Crippen LogP contribution in [0.3, 0.4) is 0 Å². The van der Waals surface area contributed by atoms with E-state index in [4.69, 9.17) is 0 Å². The van der Waals surface area contributed by atoms with Crippen molar-refractivity contribution < 1.29 is 10.2 Å². The molecule has 0 saturated carbocycles. The molecule has 0 aromatic carbocycles. The molecule has 1 atom stereocenters. The Kier molecular flexibility index (Phi) is 7.25. The molecule has 0 saturated heterocycles. The predicted molar refractivity (Wildman–Crippen MR) is 69.5 cm³/mol. The van der Waals surface area contributed by atoms with E-state index in [1.54, 1.807) is 0 Å². The first-order chi connectivity index (χ1) is 7.39. The first-order valence-corrected chi connectivity index (χ1v) is 6.84. The zero-order valence-corrected chi connectivity index (χ0v) is 11.6. The minimum Gasteiger partial charge on any atom is -0.390 e. The summed E-state index contributed by atoms with van der Waals surface area (Å²) in [7, 11) is 0. The van der Waals surface area contributed by atoms with Crippen LogP contribution in [0.2, 0.25) is 0 Å². The Balaban J connectivity index is 4.19. The van der Waals surface area contributed by atoms with Gasteiger partial charge in [-0.25, -0.2) is 0 Å². The average molecular weight is 230 g/mol. The third kappa shape index (κ3) is 6.49. The summed E-state index contributed by atoms with van der Waals surface area (Å²) in [4.78, 5) is 0. The fraction of sp³-hybridized carbons (Fsp3) is 1.00. The summed E-state index contributed by atoms with van der Waals surface area (Å²) in [5.74, 6) is 0. The van der Waals surface area contributed by atoms with Gasteiger partial charge in [-0.05, 0) is 39.0 Å². The third-order valence-corrected chi connectivity index (χ3v) is 3.35. The van der Waals surface area contributed by atoms with Crippen LogP contribution in [-0.2, 0) is 0 Å². The number of hydrogen-bond donors (Lipinski definition) is 2. The molecular weight excluding hydrogens is 200 g/mol. The van der Waals surface area contributed by atoms with Crippen molar-refractivity contribution in [1.29, 1.82) is 0 Å². The van der Waals surface area contributed by atoms with Gasteiger partial charge in [0.15, 0.2) is 0 Å². The normalized spacial score (nSPS) is 16.1. The SMILES string of the molecule is CCCC(O)(CCC)CC[C@@](C)(O)CCC. The van der Waals surface area contributed by atoms with Crippen molar-refractivity contribution in [1.82, 2.24) is 0 Å². The summed E-state index contributed by atoms with van der Waals surface area (Å²) < 4.78 is 0. The summed E-state index contributed by atoms with van der Waals surface area (Å²) in [6.45, 7) is 8.17. The molecule has 2 heteroatoms. The molecule has 0 aromatic heterocycles. The molecule has 0 bridgehead atoms. The minimum atomic E-state index is -0.607. The minimum absolute atomic E-state index is 0.554. The Labute approximate surface area is 101 Å². The number of hydrogen-bond acceptors (Lipinski definition) is 2. The van der Waals surface area contributed by atoms with Crippen molar-refractivity contribution in [2.24, 2.45) is 0 Å². The van der Waals surface area contributed by atoms with Gasteiger partial charge in [0.05, 0.1) is 11.2 Å². The molecule has 2 nitrogen and oxygen atoms in total. The van der Waals surface area contributed by atoms with Crippen molar-refractivity contribution in [2.75, 3.05) is 0 Å². The second kappa shape index (κ2) is 7.29. The maximum absolute atomic E-state index is 10.4. The molecule has 0 unspecified atom stereocenters. The molecule has 16 heavy (non-hydrogen) atoms. The van der Waals surface area contributed by atoms with Gasteiger partial charge < -0.3 is 10.2 Å². The lowest BCUT2D eigenvalue weighted by molar-refractivity contribution is -0.0266. The summed E-state index contributed by atoms with van der Waals surface area (Å²) in [5.41, 5.74) is -1.16. The van der Waals surface area contributed by atoms with Crippen LogP contribution in [0.4, 0.5) is 0 Å². The standard InChI is InChI=1S/C14H30O2/c1-5-8-13(4,15)11-12-14(16,9-6-2)10-7-3/h15-16H,5-12H2,1-4H3/t13-/m0/s1. The van der Waals surface area contributed by atoms with Gasteiger partial charge in [0, 0.05) is 0 Å². The van der Waals surface area contributed by atoms with Gasteiger partial charge in [0.1, 0.15) is 0 Å². The van der Waals surface area contributed by atoms with E-state index in [0.29, 0.717) is 6.42 Å². The number of aliphatic hydroxyl groups is 2. The van der Waals surface area contributed by atoms with E-state index >= 15 is 0 Å². The van der Waals surface area contributed by atoms with E-state index < -0.39 is 11.2 Å². The van der Waals surface area contributed by atoms with Crippen LogP contribution >= 0.6 is 0 Å². The highest BCUT2D eigenvalue weighted by Gasteiger charge is 2.29. The lowest BCUT2D eigenvalue weighted by Gasteiger charge is -2.32. The molecule has 0 aliphatic rings. The van der Waals surface area contributed by atoms with Crippen LogP contribution in [0.15, 0.2) is 0 Å². The van der Waals surface area contributed by atoms with E-state index in [0.717, 1.165) is 44.9 Å². The highest BCUT2D eigenvalue weighted by atomic mass is 16.3. The zero-order valence-electron chi connectivity index (χ0n) is 11.6. The number of rotatable bonds is 9. The topological polar surface area (TPSA) is 40.5 Å². The quantitative estimate of drug-likeness (QED) is 0.635. The van der Waals surface area contributed by atoms with Crippen LogP contribution in [0.1, 0.15) is 79.1 Å². The fourth-order valence-electron chi connectivity index (χ4n) is 2.47. The van der Waals surface area contributed by atoms with Gasteiger partial charge in [-0.3, -0.25) is 0 Å². The smallest absolute Gasteiger partial charge is 0.0648 e. The van der Waals surface area contributed by atoms with Gasteiger partial charge in [-0.2, -0.15) is 0 Å². The molecule has 0 heterocycles. The molecule has 0 fully saturated rings. The molecule has 0 aliphatic heterocycles. The maximum Gasteiger partial charge on any atom is 0.0648 e. The van der Waals surface area contributed by atoms with E-state index in [2.05, 4.69) is 20.8 Å². The summed E-state index contributed by atoms with van der Waals surface area (Å²) in [5, 5.41) is 20.5. The average Bonchev–Trinajstić information content (AvgIpc) is 2.16. The summed E-state index contributed by atoms with van der Waals surface area (Å²) in [6, 6.07) is 0. The van der Waals surface area contributed by atoms with Crippen LogP contribution in [0.5, 0.6) is 0 Å². The Morgan fingerprint density at radius 3 is 1.50 bits per heavy atom. The predicted octanol–water partition coefficient (Wildman–Crippen LogP) is 3.65. The molecule has 2 N–H and O–H groups in total. The Hall–Kier alpha value is -0.0800. The molecule has 0 aromatic rings.